The van der Waals surface area contributed by atoms with E-state index >= 15 is 0 Å². The number of aromatic amines is 1. The molecule has 0 fully saturated rings. The third-order valence-corrected chi connectivity index (χ3v) is 5.07. The van der Waals surface area contributed by atoms with E-state index in [-0.39, 0.29) is 18.2 Å². The first-order valence-electron chi connectivity index (χ1n) is 8.03. The number of carboxylic acid groups (broad SMARTS) is 1. The molecular formula is C18H18N4O3S. The SMILES string of the molecule is Cc1cc(C(=O)N[C@H](C)c2n[nH]c(CC(=O)O)n2)sc1-c1ccccc1. The highest BCUT2D eigenvalue weighted by atomic mass is 32.1. The number of carboxylic acids is 1. The number of hydrogen-bond donors (Lipinski definition) is 3. The molecule has 1 aromatic carbocycles. The van der Waals surface area contributed by atoms with Gasteiger partial charge in [0.15, 0.2) is 5.82 Å². The monoisotopic (exact) mass is 370 g/mol. The smallest absolute Gasteiger partial charge is 0.311 e. The van der Waals surface area contributed by atoms with Gasteiger partial charge in [-0.15, -0.1) is 11.3 Å². The van der Waals surface area contributed by atoms with Crippen LogP contribution in [0.5, 0.6) is 0 Å². The molecule has 0 bridgehead atoms. The molecule has 0 unspecified atom stereocenters. The molecule has 0 aliphatic rings. The molecule has 2 aromatic heterocycles. The van der Waals surface area contributed by atoms with Crippen molar-refractivity contribution in [1.29, 1.82) is 0 Å². The number of benzene rings is 1. The molecular weight excluding hydrogens is 352 g/mol. The summed E-state index contributed by atoms with van der Waals surface area (Å²) in [5.74, 6) is -0.595. The van der Waals surface area contributed by atoms with Gasteiger partial charge in [-0.3, -0.25) is 14.7 Å². The molecule has 1 atom stereocenters. The number of thiophene rings is 1. The van der Waals surface area contributed by atoms with E-state index in [4.69, 9.17) is 5.11 Å². The molecule has 0 saturated heterocycles. The Hall–Kier alpha value is -3.00. The van der Waals surface area contributed by atoms with Gasteiger partial charge in [-0.1, -0.05) is 30.3 Å². The van der Waals surface area contributed by atoms with E-state index in [2.05, 4.69) is 20.5 Å². The number of carbonyl (C=O) groups is 2. The van der Waals surface area contributed by atoms with Crippen LogP contribution in [0, 0.1) is 6.92 Å². The fourth-order valence-electron chi connectivity index (χ4n) is 2.53. The predicted molar refractivity (Wildman–Crippen MR) is 98.1 cm³/mol. The lowest BCUT2D eigenvalue weighted by atomic mass is 10.1. The lowest BCUT2D eigenvalue weighted by Gasteiger charge is -2.09. The third kappa shape index (κ3) is 3.97. The summed E-state index contributed by atoms with van der Waals surface area (Å²) in [5.41, 5.74) is 2.12. The van der Waals surface area contributed by atoms with Crippen molar-refractivity contribution in [2.45, 2.75) is 26.3 Å². The molecule has 0 aliphatic carbocycles. The van der Waals surface area contributed by atoms with Crippen molar-refractivity contribution >= 4 is 23.2 Å². The number of H-pyrrole nitrogens is 1. The molecule has 3 aromatic rings. The van der Waals surface area contributed by atoms with Gasteiger partial charge in [-0.05, 0) is 31.0 Å². The molecule has 2 heterocycles. The maximum Gasteiger partial charge on any atom is 0.311 e. The lowest BCUT2D eigenvalue weighted by molar-refractivity contribution is -0.136. The van der Waals surface area contributed by atoms with Crippen LogP contribution >= 0.6 is 11.3 Å². The fourth-order valence-corrected chi connectivity index (χ4v) is 3.61. The quantitative estimate of drug-likeness (QED) is 0.618. The summed E-state index contributed by atoms with van der Waals surface area (Å²) in [7, 11) is 0. The Bertz CT molecular complexity index is 933. The van der Waals surface area contributed by atoms with Crippen LogP contribution < -0.4 is 5.32 Å². The number of aryl methyl sites for hydroxylation is 1. The Morgan fingerprint density at radius 1 is 1.31 bits per heavy atom. The normalized spacial score (nSPS) is 11.9. The van der Waals surface area contributed by atoms with Crippen molar-refractivity contribution in [2.75, 3.05) is 0 Å². The number of carbonyl (C=O) groups excluding carboxylic acids is 1. The van der Waals surface area contributed by atoms with Crippen molar-refractivity contribution < 1.29 is 14.7 Å². The molecule has 0 radical (unpaired) electrons. The van der Waals surface area contributed by atoms with E-state index in [1.807, 2.05) is 43.3 Å². The zero-order chi connectivity index (χ0) is 18.7. The zero-order valence-corrected chi connectivity index (χ0v) is 15.1. The number of rotatable bonds is 6. The van der Waals surface area contributed by atoms with Gasteiger partial charge >= 0.3 is 5.97 Å². The van der Waals surface area contributed by atoms with Crippen molar-refractivity contribution in [3.63, 3.8) is 0 Å². The summed E-state index contributed by atoms with van der Waals surface area (Å²) in [4.78, 5) is 29.0. The highest BCUT2D eigenvalue weighted by molar-refractivity contribution is 7.17. The van der Waals surface area contributed by atoms with Gasteiger partial charge in [0.2, 0.25) is 0 Å². The van der Waals surface area contributed by atoms with Gasteiger partial charge in [-0.25, -0.2) is 4.98 Å². The molecule has 134 valence electrons. The summed E-state index contributed by atoms with van der Waals surface area (Å²) in [6.45, 7) is 3.73. The largest absolute Gasteiger partial charge is 0.481 e. The number of amides is 1. The van der Waals surface area contributed by atoms with Crippen LogP contribution in [0.25, 0.3) is 10.4 Å². The van der Waals surface area contributed by atoms with Crippen LogP contribution in [-0.2, 0) is 11.2 Å². The number of nitrogens with one attached hydrogen (secondary N) is 2. The third-order valence-electron chi connectivity index (χ3n) is 3.78. The van der Waals surface area contributed by atoms with Gasteiger partial charge in [0.1, 0.15) is 12.2 Å². The van der Waals surface area contributed by atoms with Crippen LogP contribution in [0.15, 0.2) is 36.4 Å². The van der Waals surface area contributed by atoms with E-state index < -0.39 is 12.0 Å². The first kappa shape index (κ1) is 17.8. The minimum absolute atomic E-state index is 0.211. The highest BCUT2D eigenvalue weighted by Crippen LogP contribution is 2.32. The van der Waals surface area contributed by atoms with Crippen molar-refractivity contribution in [2.24, 2.45) is 0 Å². The van der Waals surface area contributed by atoms with Crippen molar-refractivity contribution in [3.05, 3.63) is 58.5 Å². The van der Waals surface area contributed by atoms with E-state index in [9.17, 15) is 9.59 Å². The number of hydrogen-bond acceptors (Lipinski definition) is 5. The average Bonchev–Trinajstić information content (AvgIpc) is 3.22. The minimum atomic E-state index is -0.994. The van der Waals surface area contributed by atoms with Crippen LogP contribution in [0.2, 0.25) is 0 Å². The topological polar surface area (TPSA) is 108 Å². The molecule has 26 heavy (non-hydrogen) atoms. The minimum Gasteiger partial charge on any atom is -0.481 e. The van der Waals surface area contributed by atoms with Crippen LogP contribution in [-0.4, -0.2) is 32.2 Å². The Morgan fingerprint density at radius 3 is 2.73 bits per heavy atom. The van der Waals surface area contributed by atoms with Crippen LogP contribution in [0.4, 0.5) is 0 Å². The van der Waals surface area contributed by atoms with Gasteiger partial charge in [0.05, 0.1) is 10.9 Å². The maximum absolute atomic E-state index is 12.5. The van der Waals surface area contributed by atoms with E-state index in [1.165, 1.54) is 11.3 Å². The van der Waals surface area contributed by atoms with Gasteiger partial charge in [-0.2, -0.15) is 5.10 Å². The summed E-state index contributed by atoms with van der Waals surface area (Å²) in [5, 5.41) is 18.2. The first-order chi connectivity index (χ1) is 12.4. The molecule has 7 nitrogen and oxygen atoms in total. The van der Waals surface area contributed by atoms with E-state index in [0.29, 0.717) is 10.7 Å². The van der Waals surface area contributed by atoms with Crippen molar-refractivity contribution in [3.8, 4) is 10.4 Å². The fraction of sp³-hybridized carbons (Fsp3) is 0.222. The Balaban J connectivity index is 1.72. The second kappa shape index (κ2) is 7.49. The molecule has 0 aliphatic heterocycles. The van der Waals surface area contributed by atoms with Gasteiger partial charge in [0, 0.05) is 4.88 Å². The Kier molecular flexibility index (Phi) is 5.13. The van der Waals surface area contributed by atoms with E-state index in [1.54, 1.807) is 6.92 Å². The molecule has 8 heteroatoms. The highest BCUT2D eigenvalue weighted by Gasteiger charge is 2.19. The molecule has 1 amide bonds. The Morgan fingerprint density at radius 2 is 2.04 bits per heavy atom. The maximum atomic E-state index is 12.5. The van der Waals surface area contributed by atoms with Crippen LogP contribution in [0.1, 0.15) is 39.8 Å². The zero-order valence-electron chi connectivity index (χ0n) is 14.3. The number of aromatic nitrogens is 3. The summed E-state index contributed by atoms with van der Waals surface area (Å²) >= 11 is 1.43. The predicted octanol–water partition coefficient (Wildman–Crippen LogP) is 2.96. The summed E-state index contributed by atoms with van der Waals surface area (Å²) in [6.07, 6.45) is -0.238. The second-order valence-corrected chi connectivity index (χ2v) is 6.95. The van der Waals surface area contributed by atoms with E-state index in [0.717, 1.165) is 16.0 Å². The van der Waals surface area contributed by atoms with Crippen LogP contribution in [0.3, 0.4) is 0 Å². The summed E-state index contributed by atoms with van der Waals surface area (Å²) < 4.78 is 0. The number of aliphatic carboxylic acids is 1. The second-order valence-electron chi connectivity index (χ2n) is 5.89. The lowest BCUT2D eigenvalue weighted by Crippen LogP contribution is -2.26. The molecule has 3 N–H and O–H groups in total. The average molecular weight is 370 g/mol. The number of nitrogens with zero attached hydrogens (tertiary/aromatic N) is 2. The molecule has 0 saturated carbocycles. The first-order valence-corrected chi connectivity index (χ1v) is 8.85. The van der Waals surface area contributed by atoms with Gasteiger partial charge in [0.25, 0.3) is 5.91 Å². The standard InChI is InChI=1S/C18H18N4O3S/c1-10-8-13(26-16(10)12-6-4-3-5-7-12)18(25)19-11(2)17-20-14(21-22-17)9-15(23)24/h3-8,11H,9H2,1-2H3,(H,19,25)(H,23,24)(H,20,21,22)/t11-/m1/s1. The van der Waals surface area contributed by atoms with Crippen molar-refractivity contribution in [1.82, 2.24) is 20.5 Å². The van der Waals surface area contributed by atoms with Gasteiger partial charge < -0.3 is 10.4 Å². The molecule has 3 rings (SSSR count). The Labute approximate surface area is 154 Å². The molecule has 0 spiro atoms. The summed E-state index contributed by atoms with van der Waals surface area (Å²) in [6, 6.07) is 11.3.